The van der Waals surface area contributed by atoms with E-state index in [1.165, 1.54) is 0 Å². The topological polar surface area (TPSA) is 18.5 Å². The zero-order chi connectivity index (χ0) is 16.1. The number of benzene rings is 1. The van der Waals surface area contributed by atoms with E-state index in [1.807, 2.05) is 7.05 Å². The fourth-order valence-corrected chi connectivity index (χ4v) is 3.25. The fraction of sp³-hybridized carbons (Fsp3) is 0.533. The van der Waals surface area contributed by atoms with Crippen LogP contribution < -0.4 is 5.32 Å². The molecule has 0 unspecified atom stereocenters. The number of nitrogens with one attached hydrogen (secondary N) is 1. The lowest BCUT2D eigenvalue weighted by molar-refractivity contribution is 0.193. The minimum atomic E-state index is -2.39. The molecule has 1 fully saturated rings. The van der Waals surface area contributed by atoms with E-state index in [4.69, 9.17) is 12.2 Å². The van der Waals surface area contributed by atoms with Crippen molar-refractivity contribution in [3.05, 3.63) is 24.3 Å². The third kappa shape index (κ3) is 5.07. The summed E-state index contributed by atoms with van der Waals surface area (Å²) in [6.07, 6.45) is 2.19. The van der Waals surface area contributed by atoms with Gasteiger partial charge in [-0.2, -0.15) is 8.78 Å². The van der Waals surface area contributed by atoms with Crippen molar-refractivity contribution in [1.82, 2.24) is 9.80 Å². The number of halogens is 2. The van der Waals surface area contributed by atoms with Crippen LogP contribution in [-0.4, -0.2) is 53.9 Å². The second-order valence-electron chi connectivity index (χ2n) is 5.48. The smallest absolute Gasteiger partial charge is 0.288 e. The van der Waals surface area contributed by atoms with Gasteiger partial charge in [-0.3, -0.25) is 0 Å². The van der Waals surface area contributed by atoms with Crippen molar-refractivity contribution in [1.29, 1.82) is 0 Å². The first-order valence-electron chi connectivity index (χ1n) is 7.23. The molecule has 1 N–H and O–H groups in total. The van der Waals surface area contributed by atoms with Crippen LogP contribution in [0.2, 0.25) is 0 Å². The summed E-state index contributed by atoms with van der Waals surface area (Å²) in [7, 11) is 4.14. The van der Waals surface area contributed by atoms with Gasteiger partial charge in [-0.05, 0) is 69.5 Å². The van der Waals surface area contributed by atoms with E-state index in [9.17, 15) is 8.78 Å². The SMILES string of the molecule is CN1CCC(N(C)C(=S)Nc2ccc(SC(F)F)cc2)CC1. The van der Waals surface area contributed by atoms with Crippen LogP contribution in [0.15, 0.2) is 29.2 Å². The minimum absolute atomic E-state index is 0.449. The molecule has 0 saturated carbocycles. The van der Waals surface area contributed by atoms with Crippen molar-refractivity contribution < 1.29 is 8.78 Å². The summed E-state index contributed by atoms with van der Waals surface area (Å²) in [6.45, 7) is 2.16. The molecule has 0 amide bonds. The lowest BCUT2D eigenvalue weighted by atomic mass is 10.0. The van der Waals surface area contributed by atoms with E-state index in [-0.39, 0.29) is 0 Å². The molecule has 1 aromatic rings. The van der Waals surface area contributed by atoms with Crippen LogP contribution >= 0.6 is 24.0 Å². The molecular formula is C15H21F2N3S2. The molecule has 0 bridgehead atoms. The average Bonchev–Trinajstić information content (AvgIpc) is 2.49. The summed E-state index contributed by atoms with van der Waals surface area (Å²) in [5, 5.41) is 3.85. The molecule has 1 aliphatic heterocycles. The van der Waals surface area contributed by atoms with Crippen LogP contribution in [0.3, 0.4) is 0 Å². The molecule has 0 atom stereocenters. The van der Waals surface area contributed by atoms with Gasteiger partial charge in [0.25, 0.3) is 5.76 Å². The highest BCUT2D eigenvalue weighted by atomic mass is 32.2. The van der Waals surface area contributed by atoms with E-state index >= 15 is 0 Å². The van der Waals surface area contributed by atoms with Crippen molar-refractivity contribution in [2.24, 2.45) is 0 Å². The van der Waals surface area contributed by atoms with Crippen LogP contribution in [0, 0.1) is 0 Å². The Morgan fingerprint density at radius 2 is 1.91 bits per heavy atom. The van der Waals surface area contributed by atoms with Crippen molar-refractivity contribution in [2.45, 2.75) is 29.5 Å². The van der Waals surface area contributed by atoms with Gasteiger partial charge in [0, 0.05) is 23.7 Å². The first-order valence-corrected chi connectivity index (χ1v) is 8.51. The van der Waals surface area contributed by atoms with Gasteiger partial charge >= 0.3 is 0 Å². The van der Waals surface area contributed by atoms with Gasteiger partial charge in [0.2, 0.25) is 0 Å². The van der Waals surface area contributed by atoms with Crippen LogP contribution in [0.1, 0.15) is 12.8 Å². The molecule has 1 aromatic carbocycles. The number of hydrogen-bond donors (Lipinski definition) is 1. The Balaban J connectivity index is 1.88. The molecule has 122 valence electrons. The highest BCUT2D eigenvalue weighted by Gasteiger charge is 2.22. The number of hydrogen-bond acceptors (Lipinski definition) is 3. The van der Waals surface area contributed by atoms with Crippen LogP contribution in [0.25, 0.3) is 0 Å². The Bertz CT molecular complexity index is 488. The molecule has 2 rings (SSSR count). The van der Waals surface area contributed by atoms with Gasteiger partial charge < -0.3 is 15.1 Å². The summed E-state index contributed by atoms with van der Waals surface area (Å²) >= 11 is 5.99. The normalized spacial score (nSPS) is 16.8. The molecule has 0 aliphatic carbocycles. The molecule has 1 saturated heterocycles. The third-order valence-electron chi connectivity index (χ3n) is 3.89. The van der Waals surface area contributed by atoms with Gasteiger partial charge in [0.05, 0.1) is 0 Å². The molecule has 22 heavy (non-hydrogen) atoms. The number of anilines is 1. The van der Waals surface area contributed by atoms with Gasteiger partial charge in [0.15, 0.2) is 5.11 Å². The maximum Gasteiger partial charge on any atom is 0.288 e. The highest BCUT2D eigenvalue weighted by Crippen LogP contribution is 2.26. The lowest BCUT2D eigenvalue weighted by Gasteiger charge is -2.36. The van der Waals surface area contributed by atoms with E-state index in [0.717, 1.165) is 31.6 Å². The molecule has 7 heteroatoms. The standard InChI is InChI=1S/C15H21F2N3S2/c1-19-9-7-12(8-10-19)20(2)15(21)18-11-3-5-13(6-4-11)22-14(16)17/h3-6,12,14H,7-10H2,1-2H3,(H,18,21). The number of alkyl halides is 2. The molecule has 3 nitrogen and oxygen atoms in total. The molecule has 0 aromatic heterocycles. The van der Waals surface area contributed by atoms with Gasteiger partial charge in [-0.15, -0.1) is 0 Å². The first-order chi connectivity index (χ1) is 10.5. The van der Waals surface area contributed by atoms with Gasteiger partial charge in [-0.1, -0.05) is 11.8 Å². The quantitative estimate of drug-likeness (QED) is 0.660. The second kappa shape index (κ2) is 8.08. The monoisotopic (exact) mass is 345 g/mol. The largest absolute Gasteiger partial charge is 0.349 e. The fourth-order valence-electron chi connectivity index (χ4n) is 2.48. The number of nitrogens with zero attached hydrogens (tertiary/aromatic N) is 2. The Morgan fingerprint density at radius 3 is 2.45 bits per heavy atom. The Labute approximate surface area is 140 Å². The molecular weight excluding hydrogens is 324 g/mol. The predicted octanol–water partition coefficient (Wildman–Crippen LogP) is 3.72. The zero-order valence-corrected chi connectivity index (χ0v) is 14.4. The Hall–Kier alpha value is -0.920. The summed E-state index contributed by atoms with van der Waals surface area (Å²) in [5.74, 6) is -2.39. The van der Waals surface area contributed by atoms with E-state index < -0.39 is 5.76 Å². The summed E-state index contributed by atoms with van der Waals surface area (Å²) in [4.78, 5) is 4.97. The second-order valence-corrected chi connectivity index (χ2v) is 6.93. The first kappa shape index (κ1) is 17.4. The predicted molar refractivity (Wildman–Crippen MR) is 92.8 cm³/mol. The lowest BCUT2D eigenvalue weighted by Crippen LogP contribution is -2.45. The minimum Gasteiger partial charge on any atom is -0.349 e. The number of rotatable bonds is 4. The van der Waals surface area contributed by atoms with E-state index in [1.54, 1.807) is 24.3 Å². The van der Waals surface area contributed by atoms with Crippen molar-refractivity contribution in [2.75, 3.05) is 32.5 Å². The zero-order valence-electron chi connectivity index (χ0n) is 12.8. The number of piperidine rings is 1. The highest BCUT2D eigenvalue weighted by molar-refractivity contribution is 7.99. The van der Waals surface area contributed by atoms with Crippen LogP contribution in [0.4, 0.5) is 14.5 Å². The van der Waals surface area contributed by atoms with Gasteiger partial charge in [0.1, 0.15) is 0 Å². The number of thiocarbonyl (C=S) groups is 1. The van der Waals surface area contributed by atoms with Crippen molar-refractivity contribution >= 4 is 34.8 Å². The summed E-state index contributed by atoms with van der Waals surface area (Å²) < 4.78 is 24.6. The van der Waals surface area contributed by atoms with E-state index in [0.29, 0.717) is 27.8 Å². The maximum atomic E-state index is 12.3. The molecule has 0 radical (unpaired) electrons. The Morgan fingerprint density at radius 1 is 1.32 bits per heavy atom. The van der Waals surface area contributed by atoms with Gasteiger partial charge in [-0.25, -0.2) is 0 Å². The van der Waals surface area contributed by atoms with E-state index in [2.05, 4.69) is 22.2 Å². The number of likely N-dealkylation sites (tertiary alicyclic amines) is 1. The summed E-state index contributed by atoms with van der Waals surface area (Å²) in [6, 6.07) is 7.36. The molecule has 1 aliphatic rings. The Kier molecular flexibility index (Phi) is 6.40. The van der Waals surface area contributed by atoms with Crippen molar-refractivity contribution in [3.63, 3.8) is 0 Å². The van der Waals surface area contributed by atoms with Crippen molar-refractivity contribution in [3.8, 4) is 0 Å². The third-order valence-corrected chi connectivity index (χ3v) is 5.00. The maximum absolute atomic E-state index is 12.3. The average molecular weight is 345 g/mol. The molecule has 1 heterocycles. The van der Waals surface area contributed by atoms with Crippen LogP contribution in [-0.2, 0) is 0 Å². The number of thioether (sulfide) groups is 1. The summed E-state index contributed by atoms with van der Waals surface area (Å²) in [5.41, 5.74) is 0.823. The van der Waals surface area contributed by atoms with Crippen LogP contribution in [0.5, 0.6) is 0 Å². The molecule has 0 spiro atoms.